The Balaban J connectivity index is 2.05. The molecule has 4 heteroatoms. The van der Waals surface area contributed by atoms with Crippen LogP contribution in [0.3, 0.4) is 0 Å². The number of ether oxygens (including phenoxy) is 1. The zero-order valence-electron chi connectivity index (χ0n) is 13.6. The number of piperidine rings is 1. The van der Waals surface area contributed by atoms with Gasteiger partial charge in [0, 0.05) is 32.5 Å². The second-order valence-electron chi connectivity index (χ2n) is 6.30. The first kappa shape index (κ1) is 16.6. The first-order valence-electron chi connectivity index (χ1n) is 7.76. The molecule has 0 unspecified atom stereocenters. The summed E-state index contributed by atoms with van der Waals surface area (Å²) < 4.78 is 5.92. The van der Waals surface area contributed by atoms with Crippen molar-refractivity contribution in [3.05, 3.63) is 41.5 Å². The molecule has 1 N–H and O–H groups in total. The molecule has 0 spiro atoms. The van der Waals surface area contributed by atoms with Gasteiger partial charge in [0.05, 0.1) is 0 Å². The van der Waals surface area contributed by atoms with Crippen LogP contribution < -0.4 is 4.74 Å². The monoisotopic (exact) mass is 303 g/mol. The van der Waals surface area contributed by atoms with Gasteiger partial charge in [-0.3, -0.25) is 4.90 Å². The molecular weight excluding hydrogens is 278 g/mol. The Morgan fingerprint density at radius 1 is 1.36 bits per heavy atom. The van der Waals surface area contributed by atoms with Gasteiger partial charge in [-0.1, -0.05) is 23.8 Å². The minimum Gasteiger partial charge on any atom is -0.478 e. The van der Waals surface area contributed by atoms with E-state index in [9.17, 15) is 9.90 Å². The number of aryl methyl sites for hydroxylation is 1. The van der Waals surface area contributed by atoms with Crippen LogP contribution in [0, 0.1) is 6.92 Å². The molecule has 120 valence electrons. The van der Waals surface area contributed by atoms with E-state index in [0.29, 0.717) is 18.6 Å². The third kappa shape index (κ3) is 4.10. The Morgan fingerprint density at radius 3 is 2.59 bits per heavy atom. The van der Waals surface area contributed by atoms with Gasteiger partial charge in [0.1, 0.15) is 5.75 Å². The number of rotatable bonds is 5. The fourth-order valence-corrected chi connectivity index (χ4v) is 2.67. The van der Waals surface area contributed by atoms with Crippen LogP contribution in [0.4, 0.5) is 0 Å². The second-order valence-corrected chi connectivity index (χ2v) is 6.30. The van der Waals surface area contributed by atoms with E-state index in [4.69, 9.17) is 4.74 Å². The van der Waals surface area contributed by atoms with Gasteiger partial charge < -0.3 is 9.84 Å². The zero-order chi connectivity index (χ0) is 16.2. The van der Waals surface area contributed by atoms with Crippen LogP contribution in [-0.2, 0) is 4.79 Å². The smallest absolute Gasteiger partial charge is 0.348 e. The summed E-state index contributed by atoms with van der Waals surface area (Å²) in [4.78, 5) is 14.1. The quantitative estimate of drug-likeness (QED) is 0.848. The summed E-state index contributed by atoms with van der Waals surface area (Å²) in [5.41, 5.74) is 1.25. The van der Waals surface area contributed by atoms with Gasteiger partial charge in [0.25, 0.3) is 0 Å². The lowest BCUT2D eigenvalue weighted by atomic mass is 9.91. The van der Waals surface area contributed by atoms with Crippen molar-refractivity contribution in [1.29, 1.82) is 0 Å². The van der Waals surface area contributed by atoms with Crippen molar-refractivity contribution >= 4 is 5.97 Å². The van der Waals surface area contributed by atoms with Gasteiger partial charge in [0.15, 0.2) is 0 Å². The van der Waals surface area contributed by atoms with E-state index < -0.39 is 11.6 Å². The predicted octanol–water partition coefficient (Wildman–Crippen LogP) is 3.26. The summed E-state index contributed by atoms with van der Waals surface area (Å²) in [5, 5.41) is 9.67. The fourth-order valence-electron chi connectivity index (χ4n) is 2.67. The Labute approximate surface area is 132 Å². The summed E-state index contributed by atoms with van der Waals surface area (Å²) in [6, 6.07) is 7.58. The Bertz CT molecular complexity index is 553. The molecule has 0 bridgehead atoms. The number of hydrogen-bond acceptors (Lipinski definition) is 3. The maximum Gasteiger partial charge on any atom is 0.348 e. The van der Waals surface area contributed by atoms with Crippen molar-refractivity contribution in [3.63, 3.8) is 0 Å². The van der Waals surface area contributed by atoms with Gasteiger partial charge in [-0.15, -0.1) is 0 Å². The maximum absolute atomic E-state index is 11.8. The molecule has 0 radical (unpaired) electrons. The van der Waals surface area contributed by atoms with Gasteiger partial charge >= 0.3 is 5.97 Å². The Morgan fingerprint density at radius 2 is 2.05 bits per heavy atom. The predicted molar refractivity (Wildman–Crippen MR) is 87.3 cm³/mol. The lowest BCUT2D eigenvalue weighted by molar-refractivity contribution is -0.159. The second kappa shape index (κ2) is 6.97. The van der Waals surface area contributed by atoms with Gasteiger partial charge in [-0.2, -0.15) is 0 Å². The van der Waals surface area contributed by atoms with E-state index in [-0.39, 0.29) is 0 Å². The molecular formula is C18H25NO3. The number of aliphatic carboxylic acids is 1. The number of hydrogen-bond donors (Lipinski definition) is 1. The van der Waals surface area contributed by atoms with E-state index in [0.717, 1.165) is 25.2 Å². The van der Waals surface area contributed by atoms with Crippen LogP contribution in [-0.4, -0.2) is 41.2 Å². The molecule has 1 aromatic rings. The minimum absolute atomic E-state index is 0.507. The lowest BCUT2D eigenvalue weighted by Gasteiger charge is -2.38. The normalized spacial score (nSPS) is 17.8. The van der Waals surface area contributed by atoms with Crippen LogP contribution in [0.1, 0.15) is 32.3 Å². The molecule has 1 heterocycles. The Hall–Kier alpha value is -1.81. The van der Waals surface area contributed by atoms with Gasteiger partial charge in [-0.25, -0.2) is 4.79 Å². The van der Waals surface area contributed by atoms with Crippen LogP contribution >= 0.6 is 0 Å². The largest absolute Gasteiger partial charge is 0.478 e. The molecule has 0 amide bonds. The number of carboxylic acid groups (broad SMARTS) is 1. The van der Waals surface area contributed by atoms with Gasteiger partial charge in [-0.05, 0) is 38.5 Å². The number of nitrogens with zero attached hydrogens (tertiary/aromatic N) is 1. The molecule has 1 fully saturated rings. The SMILES string of the molecule is CC(C)=CCN1CCC(Oc2cccc(C)c2)(C(=O)O)CC1. The highest BCUT2D eigenvalue weighted by molar-refractivity contribution is 5.78. The number of allylic oxidation sites excluding steroid dienone is 1. The molecule has 1 aliphatic heterocycles. The Kier molecular flexibility index (Phi) is 5.24. The van der Waals surface area contributed by atoms with Crippen LogP contribution in [0.5, 0.6) is 5.75 Å². The molecule has 1 aromatic carbocycles. The molecule has 0 aromatic heterocycles. The average molecular weight is 303 g/mol. The highest BCUT2D eigenvalue weighted by Crippen LogP contribution is 2.29. The summed E-state index contributed by atoms with van der Waals surface area (Å²) >= 11 is 0. The van der Waals surface area contributed by atoms with Crippen LogP contribution in [0.15, 0.2) is 35.9 Å². The van der Waals surface area contributed by atoms with Crippen molar-refractivity contribution in [3.8, 4) is 5.75 Å². The standard InChI is InChI=1S/C18H25NO3/c1-14(2)7-10-19-11-8-18(9-12-19,17(20)21)22-16-6-4-5-15(3)13-16/h4-7,13H,8-12H2,1-3H3,(H,20,21). The van der Waals surface area contributed by atoms with Crippen molar-refractivity contribution in [2.24, 2.45) is 0 Å². The third-order valence-electron chi connectivity index (χ3n) is 4.11. The van der Waals surface area contributed by atoms with Crippen molar-refractivity contribution in [2.75, 3.05) is 19.6 Å². The molecule has 0 saturated carbocycles. The lowest BCUT2D eigenvalue weighted by Crippen LogP contribution is -2.53. The summed E-state index contributed by atoms with van der Waals surface area (Å²) in [7, 11) is 0. The van der Waals surface area contributed by atoms with E-state index in [1.807, 2.05) is 31.2 Å². The summed E-state index contributed by atoms with van der Waals surface area (Å²) in [5.74, 6) is -0.226. The molecule has 2 rings (SSSR count). The third-order valence-corrected chi connectivity index (χ3v) is 4.11. The number of carboxylic acids is 1. The molecule has 0 atom stereocenters. The van der Waals surface area contributed by atoms with E-state index >= 15 is 0 Å². The molecule has 22 heavy (non-hydrogen) atoms. The summed E-state index contributed by atoms with van der Waals surface area (Å²) in [6.07, 6.45) is 3.19. The van der Waals surface area contributed by atoms with Crippen molar-refractivity contribution < 1.29 is 14.6 Å². The van der Waals surface area contributed by atoms with Crippen molar-refractivity contribution in [1.82, 2.24) is 4.90 Å². The first-order valence-corrected chi connectivity index (χ1v) is 7.76. The highest BCUT2D eigenvalue weighted by Gasteiger charge is 2.43. The first-order chi connectivity index (χ1) is 10.4. The molecule has 1 aliphatic rings. The summed E-state index contributed by atoms with van der Waals surface area (Å²) in [6.45, 7) is 8.48. The van der Waals surface area contributed by atoms with Crippen LogP contribution in [0.2, 0.25) is 0 Å². The van der Waals surface area contributed by atoms with Crippen molar-refractivity contribution in [2.45, 2.75) is 39.2 Å². The zero-order valence-corrected chi connectivity index (χ0v) is 13.6. The topological polar surface area (TPSA) is 49.8 Å². The van der Waals surface area contributed by atoms with E-state index in [1.54, 1.807) is 0 Å². The number of carbonyl (C=O) groups is 1. The molecule has 4 nitrogen and oxygen atoms in total. The fraction of sp³-hybridized carbons (Fsp3) is 0.500. The minimum atomic E-state index is -1.10. The molecule has 1 saturated heterocycles. The molecule has 0 aliphatic carbocycles. The average Bonchev–Trinajstić information content (AvgIpc) is 2.46. The van der Waals surface area contributed by atoms with Gasteiger partial charge in [0.2, 0.25) is 5.60 Å². The number of benzene rings is 1. The van der Waals surface area contributed by atoms with E-state index in [1.165, 1.54) is 5.57 Å². The van der Waals surface area contributed by atoms with E-state index in [2.05, 4.69) is 24.8 Å². The van der Waals surface area contributed by atoms with Crippen LogP contribution in [0.25, 0.3) is 0 Å². The number of likely N-dealkylation sites (tertiary alicyclic amines) is 1. The highest BCUT2D eigenvalue weighted by atomic mass is 16.5. The maximum atomic E-state index is 11.8.